The van der Waals surface area contributed by atoms with Crippen molar-refractivity contribution in [2.75, 3.05) is 26.2 Å². The lowest BCUT2D eigenvalue weighted by Gasteiger charge is -2.49. The molecule has 32 heavy (non-hydrogen) atoms. The van der Waals surface area contributed by atoms with Crippen molar-refractivity contribution in [2.45, 2.75) is 51.3 Å². The van der Waals surface area contributed by atoms with Crippen LogP contribution in [0.4, 0.5) is 0 Å². The van der Waals surface area contributed by atoms with Gasteiger partial charge in [-0.1, -0.05) is 29.8 Å². The molecule has 1 aromatic carbocycles. The van der Waals surface area contributed by atoms with E-state index in [-0.39, 0.29) is 17.4 Å². The Morgan fingerprint density at radius 2 is 2.06 bits per heavy atom. The molecule has 1 amide bonds. The first-order valence-electron chi connectivity index (χ1n) is 11.9. The molecule has 6 heteroatoms. The largest absolute Gasteiger partial charge is 0.376 e. The quantitative estimate of drug-likeness (QED) is 0.617. The molecular weight excluding hydrogens is 422 g/mol. The maximum Gasteiger partial charge on any atom is 0.230 e. The lowest BCUT2D eigenvalue weighted by atomic mass is 9.72. The summed E-state index contributed by atoms with van der Waals surface area (Å²) in [5, 5.41) is 0.711. The van der Waals surface area contributed by atoms with Crippen LogP contribution in [0, 0.1) is 11.3 Å². The number of nitrogens with zero attached hydrogens (tertiary/aromatic N) is 3. The SMILES string of the molecule is O=C1N(Cc2cccc(Cl)c2)C[C@@H](OCC2CC2)C[C@]12CCCN(Cc1ccccn1)C2. The van der Waals surface area contributed by atoms with Gasteiger partial charge in [-0.25, -0.2) is 0 Å². The van der Waals surface area contributed by atoms with E-state index >= 15 is 0 Å². The van der Waals surface area contributed by atoms with Gasteiger partial charge in [-0.2, -0.15) is 0 Å². The van der Waals surface area contributed by atoms with E-state index in [0.29, 0.717) is 18.1 Å². The molecule has 5 nitrogen and oxygen atoms in total. The molecule has 3 fully saturated rings. The molecule has 2 aliphatic heterocycles. The van der Waals surface area contributed by atoms with Crippen molar-refractivity contribution < 1.29 is 9.53 Å². The average Bonchev–Trinajstić information content (AvgIpc) is 3.61. The van der Waals surface area contributed by atoms with Crippen LogP contribution in [0.5, 0.6) is 0 Å². The van der Waals surface area contributed by atoms with Gasteiger partial charge < -0.3 is 9.64 Å². The van der Waals surface area contributed by atoms with Gasteiger partial charge in [0.15, 0.2) is 0 Å². The Labute approximate surface area is 195 Å². The molecule has 2 aromatic rings. The molecule has 2 atom stereocenters. The van der Waals surface area contributed by atoms with Crippen molar-refractivity contribution >= 4 is 17.5 Å². The van der Waals surface area contributed by atoms with Gasteiger partial charge in [0.1, 0.15) is 0 Å². The number of carbonyl (C=O) groups is 1. The number of ether oxygens (including phenoxy) is 1. The highest BCUT2D eigenvalue weighted by Gasteiger charge is 2.49. The third-order valence-electron chi connectivity index (χ3n) is 7.08. The normalized spacial score (nSPS) is 26.6. The van der Waals surface area contributed by atoms with E-state index in [1.165, 1.54) is 12.8 Å². The topological polar surface area (TPSA) is 45.7 Å². The number of benzene rings is 1. The van der Waals surface area contributed by atoms with Crippen molar-refractivity contribution in [2.24, 2.45) is 11.3 Å². The first-order chi connectivity index (χ1) is 15.6. The Bertz CT molecular complexity index is 936. The van der Waals surface area contributed by atoms with Crippen molar-refractivity contribution in [3.63, 3.8) is 0 Å². The predicted octanol–water partition coefficient (Wildman–Crippen LogP) is 4.54. The predicted molar refractivity (Wildman–Crippen MR) is 125 cm³/mol. The number of rotatable bonds is 7. The highest BCUT2D eigenvalue weighted by atomic mass is 35.5. The van der Waals surface area contributed by atoms with Crippen LogP contribution in [0.1, 0.15) is 43.4 Å². The van der Waals surface area contributed by atoms with E-state index in [4.69, 9.17) is 16.3 Å². The number of likely N-dealkylation sites (tertiary alicyclic amines) is 2. The smallest absolute Gasteiger partial charge is 0.230 e. The Kier molecular flexibility index (Phi) is 6.49. The molecule has 0 N–H and O–H groups in total. The maximum atomic E-state index is 13.9. The fourth-order valence-electron chi connectivity index (χ4n) is 5.34. The third kappa shape index (κ3) is 5.16. The number of hydrogen-bond donors (Lipinski definition) is 0. The van der Waals surface area contributed by atoms with Crippen molar-refractivity contribution in [3.05, 3.63) is 64.9 Å². The molecule has 0 radical (unpaired) electrons. The van der Waals surface area contributed by atoms with Crippen LogP contribution in [0.25, 0.3) is 0 Å². The number of carbonyl (C=O) groups excluding carboxylic acids is 1. The zero-order valence-corrected chi connectivity index (χ0v) is 19.3. The number of halogens is 1. The molecule has 1 spiro atoms. The van der Waals surface area contributed by atoms with Gasteiger partial charge in [0.05, 0.1) is 17.2 Å². The summed E-state index contributed by atoms with van der Waals surface area (Å²) in [5.74, 6) is 0.992. The maximum absolute atomic E-state index is 13.9. The molecular formula is C26H32ClN3O2. The van der Waals surface area contributed by atoms with Gasteiger partial charge in [0, 0.05) is 44.0 Å². The molecule has 3 aliphatic rings. The summed E-state index contributed by atoms with van der Waals surface area (Å²) in [5.41, 5.74) is 1.76. The molecule has 0 bridgehead atoms. The second-order valence-corrected chi connectivity index (χ2v) is 10.3. The number of pyridine rings is 1. The lowest BCUT2D eigenvalue weighted by molar-refractivity contribution is -0.161. The van der Waals surface area contributed by atoms with Crippen LogP contribution in [-0.2, 0) is 22.6 Å². The zero-order valence-electron chi connectivity index (χ0n) is 18.6. The monoisotopic (exact) mass is 453 g/mol. The Morgan fingerprint density at radius 3 is 2.84 bits per heavy atom. The summed E-state index contributed by atoms with van der Waals surface area (Å²) in [6.45, 7) is 4.66. The standard InChI is InChI=1S/C26H32ClN3O2/c27-22-6-3-5-21(13-22)15-30-17-24(32-18-20-8-9-20)14-26(25(30)31)10-4-12-29(19-26)16-23-7-1-2-11-28-23/h1-3,5-7,11,13,20,24H,4,8-10,12,14-19H2/t24-,26-/m0/s1. The molecule has 2 saturated heterocycles. The number of amides is 1. The van der Waals surface area contributed by atoms with E-state index < -0.39 is 0 Å². The van der Waals surface area contributed by atoms with E-state index in [1.54, 1.807) is 0 Å². The number of aromatic nitrogens is 1. The number of hydrogen-bond acceptors (Lipinski definition) is 4. The van der Waals surface area contributed by atoms with Crippen molar-refractivity contribution in [1.82, 2.24) is 14.8 Å². The highest BCUT2D eigenvalue weighted by Crippen LogP contribution is 2.42. The summed E-state index contributed by atoms with van der Waals surface area (Å²) in [6, 6.07) is 13.9. The summed E-state index contributed by atoms with van der Waals surface area (Å²) >= 11 is 6.22. The Hall–Kier alpha value is -1.95. The van der Waals surface area contributed by atoms with Crippen LogP contribution in [-0.4, -0.2) is 53.0 Å². The van der Waals surface area contributed by atoms with Crippen LogP contribution in [0.2, 0.25) is 5.02 Å². The first-order valence-corrected chi connectivity index (χ1v) is 12.3. The molecule has 0 unspecified atom stereocenters. The number of piperidine rings is 2. The van der Waals surface area contributed by atoms with Gasteiger partial charge in [-0.05, 0) is 74.4 Å². The minimum absolute atomic E-state index is 0.0993. The molecule has 1 aromatic heterocycles. The second kappa shape index (κ2) is 9.50. The van der Waals surface area contributed by atoms with Crippen molar-refractivity contribution in [3.8, 4) is 0 Å². The second-order valence-electron chi connectivity index (χ2n) is 9.83. The molecule has 3 heterocycles. The lowest BCUT2D eigenvalue weighted by Crippen LogP contribution is -2.59. The van der Waals surface area contributed by atoms with Crippen LogP contribution >= 0.6 is 11.6 Å². The van der Waals surface area contributed by atoms with Gasteiger partial charge in [0.2, 0.25) is 5.91 Å². The Morgan fingerprint density at radius 1 is 1.16 bits per heavy atom. The minimum Gasteiger partial charge on any atom is -0.376 e. The summed E-state index contributed by atoms with van der Waals surface area (Å²) in [7, 11) is 0. The average molecular weight is 454 g/mol. The zero-order chi connectivity index (χ0) is 22.0. The van der Waals surface area contributed by atoms with Crippen LogP contribution < -0.4 is 0 Å². The van der Waals surface area contributed by atoms with Gasteiger partial charge >= 0.3 is 0 Å². The van der Waals surface area contributed by atoms with Gasteiger partial charge in [-0.15, -0.1) is 0 Å². The summed E-state index contributed by atoms with van der Waals surface area (Å²) in [4.78, 5) is 22.8. The molecule has 1 aliphatic carbocycles. The van der Waals surface area contributed by atoms with Gasteiger partial charge in [-0.3, -0.25) is 14.7 Å². The van der Waals surface area contributed by atoms with E-state index in [1.807, 2.05) is 41.4 Å². The third-order valence-corrected chi connectivity index (χ3v) is 7.31. The Balaban J connectivity index is 1.35. The molecule has 1 saturated carbocycles. The van der Waals surface area contributed by atoms with Crippen molar-refractivity contribution in [1.29, 1.82) is 0 Å². The molecule has 170 valence electrons. The fourth-order valence-corrected chi connectivity index (χ4v) is 5.55. The minimum atomic E-state index is -0.377. The van der Waals surface area contributed by atoms with E-state index in [0.717, 1.165) is 62.7 Å². The fraction of sp³-hybridized carbons (Fsp3) is 0.538. The van der Waals surface area contributed by atoms with Crippen LogP contribution in [0.15, 0.2) is 48.7 Å². The molecule has 5 rings (SSSR count). The summed E-state index contributed by atoms with van der Waals surface area (Å²) in [6.07, 6.45) is 7.28. The first kappa shape index (κ1) is 21.9. The van der Waals surface area contributed by atoms with Gasteiger partial charge in [0.25, 0.3) is 0 Å². The van der Waals surface area contributed by atoms with E-state index in [9.17, 15) is 4.79 Å². The van der Waals surface area contributed by atoms with Crippen LogP contribution in [0.3, 0.4) is 0 Å². The summed E-state index contributed by atoms with van der Waals surface area (Å²) < 4.78 is 6.38. The van der Waals surface area contributed by atoms with E-state index in [2.05, 4.69) is 22.0 Å². The highest BCUT2D eigenvalue weighted by molar-refractivity contribution is 6.30.